The highest BCUT2D eigenvalue weighted by Gasteiger charge is 2.55. The highest BCUT2D eigenvalue weighted by atomic mass is 28.4. The lowest BCUT2D eigenvalue weighted by Gasteiger charge is -2.49. The summed E-state index contributed by atoms with van der Waals surface area (Å²) in [5.41, 5.74) is 0. The van der Waals surface area contributed by atoms with E-state index in [1.165, 1.54) is 7.11 Å². The summed E-state index contributed by atoms with van der Waals surface area (Å²) in [6.45, 7) is 8.25. The van der Waals surface area contributed by atoms with Crippen LogP contribution < -0.4 is 10.4 Å². The van der Waals surface area contributed by atoms with Crippen molar-refractivity contribution in [3.05, 3.63) is 60.7 Å². The van der Waals surface area contributed by atoms with Crippen LogP contribution in [0.3, 0.4) is 0 Å². The van der Waals surface area contributed by atoms with Gasteiger partial charge in [-0.3, -0.25) is 0 Å². The molecule has 5 atom stereocenters. The van der Waals surface area contributed by atoms with E-state index < -0.39 is 39.0 Å². The van der Waals surface area contributed by atoms with Crippen molar-refractivity contribution in [2.24, 2.45) is 0 Å². The highest BCUT2D eigenvalue weighted by Crippen LogP contribution is 2.39. The third kappa shape index (κ3) is 4.06. The average molecular weight is 417 g/mol. The maximum atomic E-state index is 10.9. The van der Waals surface area contributed by atoms with E-state index in [9.17, 15) is 10.2 Å². The van der Waals surface area contributed by atoms with Gasteiger partial charge < -0.3 is 24.1 Å². The SMILES string of the molecule is CO[C@@H]1O[C@@H](C)[C@H](O)[C@@H](O[Si](c2ccccc2)(c2ccccc2)C(C)(C)C)[C@H]1O. The van der Waals surface area contributed by atoms with Gasteiger partial charge in [0.05, 0.1) is 6.10 Å². The Labute approximate surface area is 174 Å². The minimum atomic E-state index is -2.92. The Morgan fingerprint density at radius 2 is 1.34 bits per heavy atom. The molecule has 6 heteroatoms. The number of hydrogen-bond acceptors (Lipinski definition) is 5. The Morgan fingerprint density at radius 3 is 1.76 bits per heavy atom. The summed E-state index contributed by atoms with van der Waals surface area (Å²) in [4.78, 5) is 0. The van der Waals surface area contributed by atoms with Crippen molar-refractivity contribution in [2.75, 3.05) is 7.11 Å². The molecule has 0 aliphatic carbocycles. The molecule has 0 saturated carbocycles. The Kier molecular flexibility index (Phi) is 6.63. The molecule has 2 aromatic rings. The zero-order valence-electron chi connectivity index (χ0n) is 17.8. The number of methoxy groups -OCH3 is 1. The molecule has 0 unspecified atom stereocenters. The lowest BCUT2D eigenvalue weighted by molar-refractivity contribution is -0.282. The quantitative estimate of drug-likeness (QED) is 0.730. The van der Waals surface area contributed by atoms with Gasteiger partial charge in [0.15, 0.2) is 6.29 Å². The zero-order chi connectivity index (χ0) is 21.2. The molecule has 29 heavy (non-hydrogen) atoms. The van der Waals surface area contributed by atoms with Gasteiger partial charge in [0.1, 0.15) is 18.3 Å². The van der Waals surface area contributed by atoms with Gasteiger partial charge in [-0.1, -0.05) is 81.4 Å². The van der Waals surface area contributed by atoms with Crippen molar-refractivity contribution in [1.29, 1.82) is 0 Å². The van der Waals surface area contributed by atoms with E-state index in [0.717, 1.165) is 10.4 Å². The maximum Gasteiger partial charge on any atom is 0.261 e. The Balaban J connectivity index is 2.18. The fraction of sp³-hybridized carbons (Fsp3) is 0.478. The molecule has 0 amide bonds. The Morgan fingerprint density at radius 1 is 0.862 bits per heavy atom. The van der Waals surface area contributed by atoms with E-state index in [0.29, 0.717) is 0 Å². The smallest absolute Gasteiger partial charge is 0.261 e. The van der Waals surface area contributed by atoms with Gasteiger partial charge in [0.2, 0.25) is 0 Å². The summed E-state index contributed by atoms with van der Waals surface area (Å²) < 4.78 is 17.9. The molecule has 158 valence electrons. The summed E-state index contributed by atoms with van der Waals surface area (Å²) in [5.74, 6) is 0. The van der Waals surface area contributed by atoms with Crippen LogP contribution in [0.25, 0.3) is 0 Å². The molecular weight excluding hydrogens is 384 g/mol. The second-order valence-corrected chi connectivity index (χ2v) is 12.9. The summed E-state index contributed by atoms with van der Waals surface area (Å²) in [5, 5.41) is 23.7. The van der Waals surface area contributed by atoms with Crippen LogP contribution in [-0.4, -0.2) is 56.3 Å². The molecule has 2 aromatic carbocycles. The molecule has 1 aliphatic heterocycles. The van der Waals surface area contributed by atoms with E-state index in [4.69, 9.17) is 13.9 Å². The molecule has 0 radical (unpaired) electrons. The summed E-state index contributed by atoms with van der Waals surface area (Å²) in [7, 11) is -1.44. The molecule has 5 nitrogen and oxygen atoms in total. The molecule has 1 saturated heterocycles. The van der Waals surface area contributed by atoms with Crippen molar-refractivity contribution in [2.45, 2.75) is 63.4 Å². The van der Waals surface area contributed by atoms with Crippen molar-refractivity contribution < 1.29 is 24.1 Å². The third-order valence-electron chi connectivity index (χ3n) is 5.74. The fourth-order valence-corrected chi connectivity index (χ4v) is 8.93. The predicted octanol–water partition coefficient (Wildman–Crippen LogP) is 2.04. The molecule has 0 aromatic heterocycles. The summed E-state index contributed by atoms with van der Waals surface area (Å²) in [6, 6.07) is 20.3. The second kappa shape index (κ2) is 8.68. The van der Waals surface area contributed by atoms with Gasteiger partial charge in [-0.2, -0.15) is 0 Å². The van der Waals surface area contributed by atoms with E-state index in [1.807, 2.05) is 36.4 Å². The average Bonchev–Trinajstić information content (AvgIpc) is 2.71. The minimum absolute atomic E-state index is 0.265. The summed E-state index contributed by atoms with van der Waals surface area (Å²) in [6.07, 6.45) is -4.29. The number of rotatable bonds is 5. The number of ether oxygens (including phenoxy) is 2. The standard InChI is InChI=1S/C23H32O5Si/c1-16-19(24)21(20(25)22(26-5)27-16)28-29(23(2,3)4,17-12-8-6-9-13-17)18-14-10-7-11-15-18/h6-16,19-22,24-25H,1-5H3/t16-,19-,20+,21+,22+/m0/s1. The van der Waals surface area contributed by atoms with Crippen molar-refractivity contribution in [3.8, 4) is 0 Å². The summed E-state index contributed by atoms with van der Waals surface area (Å²) >= 11 is 0. The zero-order valence-corrected chi connectivity index (χ0v) is 18.8. The van der Waals surface area contributed by atoms with Gasteiger partial charge in [0.25, 0.3) is 8.32 Å². The monoisotopic (exact) mass is 416 g/mol. The third-order valence-corrected chi connectivity index (χ3v) is 10.8. The topological polar surface area (TPSA) is 68.2 Å². The van der Waals surface area contributed by atoms with Gasteiger partial charge in [0, 0.05) is 7.11 Å². The second-order valence-electron chi connectivity index (χ2n) is 8.67. The lowest BCUT2D eigenvalue weighted by Crippen LogP contribution is -2.71. The van der Waals surface area contributed by atoms with E-state index in [1.54, 1.807) is 6.92 Å². The number of aliphatic hydroxyl groups excluding tert-OH is 2. The first-order valence-electron chi connectivity index (χ1n) is 10.1. The van der Waals surface area contributed by atoms with Crippen LogP contribution in [0.2, 0.25) is 5.04 Å². The van der Waals surface area contributed by atoms with Crippen LogP contribution in [0.15, 0.2) is 60.7 Å². The van der Waals surface area contributed by atoms with Gasteiger partial charge in [-0.05, 0) is 22.3 Å². The normalized spacial score (nSPS) is 28.3. The molecule has 1 heterocycles. The first-order chi connectivity index (χ1) is 13.7. The molecule has 3 rings (SSSR count). The van der Waals surface area contributed by atoms with Crippen molar-refractivity contribution in [1.82, 2.24) is 0 Å². The van der Waals surface area contributed by atoms with Crippen LogP contribution in [0.5, 0.6) is 0 Å². The van der Waals surface area contributed by atoms with Crippen LogP contribution in [0.1, 0.15) is 27.7 Å². The van der Waals surface area contributed by atoms with Crippen LogP contribution in [-0.2, 0) is 13.9 Å². The van der Waals surface area contributed by atoms with Crippen molar-refractivity contribution >= 4 is 18.7 Å². The van der Waals surface area contributed by atoms with E-state index >= 15 is 0 Å². The lowest BCUT2D eigenvalue weighted by atomic mass is 10.0. The molecule has 2 N–H and O–H groups in total. The van der Waals surface area contributed by atoms with Crippen LogP contribution in [0, 0.1) is 0 Å². The highest BCUT2D eigenvalue weighted by molar-refractivity contribution is 6.99. The first-order valence-corrected chi connectivity index (χ1v) is 12.0. The molecule has 0 bridgehead atoms. The number of aliphatic hydroxyl groups is 2. The van der Waals surface area contributed by atoms with Gasteiger partial charge >= 0.3 is 0 Å². The molecule has 0 spiro atoms. The van der Waals surface area contributed by atoms with Gasteiger partial charge in [-0.15, -0.1) is 0 Å². The van der Waals surface area contributed by atoms with Gasteiger partial charge in [-0.25, -0.2) is 0 Å². The number of hydrogen-bond donors (Lipinski definition) is 2. The van der Waals surface area contributed by atoms with E-state index in [2.05, 4.69) is 45.0 Å². The Hall–Kier alpha value is -1.54. The maximum absolute atomic E-state index is 10.9. The van der Waals surface area contributed by atoms with Crippen molar-refractivity contribution in [3.63, 3.8) is 0 Å². The van der Waals surface area contributed by atoms with Crippen LogP contribution in [0.4, 0.5) is 0 Å². The largest absolute Gasteiger partial charge is 0.399 e. The first kappa shape index (κ1) is 22.1. The fourth-order valence-electron chi connectivity index (χ4n) is 4.23. The van der Waals surface area contributed by atoms with Crippen LogP contribution >= 0.6 is 0 Å². The molecule has 1 fully saturated rings. The minimum Gasteiger partial charge on any atom is -0.399 e. The molecule has 1 aliphatic rings. The Bertz CT molecular complexity index is 737. The predicted molar refractivity (Wildman–Crippen MR) is 116 cm³/mol. The van der Waals surface area contributed by atoms with E-state index in [-0.39, 0.29) is 5.04 Å². The number of benzene rings is 2. The molecular formula is C23H32O5Si.